The van der Waals surface area contributed by atoms with E-state index in [4.69, 9.17) is 5.11 Å². The van der Waals surface area contributed by atoms with Gasteiger partial charge < -0.3 is 5.11 Å². The van der Waals surface area contributed by atoms with Crippen LogP contribution in [-0.4, -0.2) is 21.3 Å². The molecule has 0 radical (unpaired) electrons. The van der Waals surface area contributed by atoms with Crippen molar-refractivity contribution < 1.29 is 5.11 Å². The van der Waals surface area contributed by atoms with E-state index in [-0.39, 0.29) is 18.1 Å². The highest BCUT2D eigenvalue weighted by Gasteiger charge is 2.23. The van der Waals surface area contributed by atoms with E-state index in [1.165, 1.54) is 10.8 Å². The molecule has 1 saturated carbocycles. The van der Waals surface area contributed by atoms with Gasteiger partial charge in [-0.2, -0.15) is 0 Å². The number of hydrogen-bond donors (Lipinski definition) is 2. The van der Waals surface area contributed by atoms with Crippen LogP contribution in [0.3, 0.4) is 0 Å². The second-order valence-electron chi connectivity index (χ2n) is 4.10. The van der Waals surface area contributed by atoms with Gasteiger partial charge in [0.05, 0.1) is 0 Å². The summed E-state index contributed by atoms with van der Waals surface area (Å²) >= 11 is 0. The Balaban J connectivity index is 2.39. The first-order valence-electron chi connectivity index (χ1n) is 5.25. The molecule has 1 fully saturated rings. The first kappa shape index (κ1) is 10.9. The van der Waals surface area contributed by atoms with Crippen LogP contribution in [0.4, 0.5) is 0 Å². The standard InChI is InChI=1S/C11H14N2O3/c1-7-4-13(11(16)12-10(7)15)5-8-2-3-9(8)6-14/h4-5,9,14H,2-3,6H2,1H3,(H,12,15,16)/b8-5-. The van der Waals surface area contributed by atoms with Crippen LogP contribution in [0.25, 0.3) is 6.20 Å². The fourth-order valence-electron chi connectivity index (χ4n) is 1.75. The lowest BCUT2D eigenvalue weighted by atomic mass is 9.80. The van der Waals surface area contributed by atoms with Crippen molar-refractivity contribution in [1.82, 2.24) is 9.55 Å². The Morgan fingerprint density at radius 1 is 1.62 bits per heavy atom. The third-order valence-corrected chi connectivity index (χ3v) is 2.98. The van der Waals surface area contributed by atoms with Crippen LogP contribution < -0.4 is 11.2 Å². The maximum Gasteiger partial charge on any atom is 0.332 e. The minimum atomic E-state index is -0.438. The Morgan fingerprint density at radius 3 is 2.94 bits per heavy atom. The van der Waals surface area contributed by atoms with E-state index >= 15 is 0 Å². The Labute approximate surface area is 92.1 Å². The van der Waals surface area contributed by atoms with Gasteiger partial charge in [-0.05, 0) is 25.3 Å². The van der Waals surface area contributed by atoms with Gasteiger partial charge in [0.2, 0.25) is 0 Å². The van der Waals surface area contributed by atoms with E-state index in [1.54, 1.807) is 13.1 Å². The molecule has 1 aromatic rings. The van der Waals surface area contributed by atoms with Crippen molar-refractivity contribution in [3.63, 3.8) is 0 Å². The average molecular weight is 222 g/mol. The Hall–Kier alpha value is -1.62. The molecule has 1 heterocycles. The summed E-state index contributed by atoms with van der Waals surface area (Å²) in [7, 11) is 0. The summed E-state index contributed by atoms with van der Waals surface area (Å²) < 4.78 is 1.37. The van der Waals surface area contributed by atoms with Crippen molar-refractivity contribution in [2.24, 2.45) is 5.92 Å². The molecule has 86 valence electrons. The van der Waals surface area contributed by atoms with E-state index in [0.717, 1.165) is 18.4 Å². The predicted molar refractivity (Wildman–Crippen MR) is 60.1 cm³/mol. The van der Waals surface area contributed by atoms with Crippen LogP contribution >= 0.6 is 0 Å². The van der Waals surface area contributed by atoms with Gasteiger partial charge in [-0.25, -0.2) is 4.79 Å². The van der Waals surface area contributed by atoms with E-state index < -0.39 is 5.69 Å². The second kappa shape index (κ2) is 4.09. The second-order valence-corrected chi connectivity index (χ2v) is 4.10. The predicted octanol–water partition coefficient (Wildman–Crippen LogP) is 0.0882. The minimum absolute atomic E-state index is 0.114. The number of rotatable bonds is 2. The van der Waals surface area contributed by atoms with Crippen LogP contribution in [-0.2, 0) is 0 Å². The lowest BCUT2D eigenvalue weighted by molar-refractivity contribution is 0.212. The maximum atomic E-state index is 11.5. The molecule has 1 unspecified atom stereocenters. The summed E-state index contributed by atoms with van der Waals surface area (Å²) in [6, 6.07) is 0. The normalized spacial score (nSPS) is 22.1. The lowest BCUT2D eigenvalue weighted by Crippen LogP contribution is -2.29. The third kappa shape index (κ3) is 1.86. The molecule has 1 aliphatic rings. The van der Waals surface area contributed by atoms with E-state index in [1.807, 2.05) is 0 Å². The number of aliphatic hydroxyl groups is 1. The maximum absolute atomic E-state index is 11.5. The fourth-order valence-corrected chi connectivity index (χ4v) is 1.75. The molecular formula is C11H14N2O3. The van der Waals surface area contributed by atoms with E-state index in [0.29, 0.717) is 5.56 Å². The first-order valence-corrected chi connectivity index (χ1v) is 5.25. The molecule has 1 aromatic heterocycles. The largest absolute Gasteiger partial charge is 0.396 e. The topological polar surface area (TPSA) is 75.1 Å². The molecule has 5 heteroatoms. The molecule has 0 spiro atoms. The molecule has 5 nitrogen and oxygen atoms in total. The highest BCUT2D eigenvalue weighted by molar-refractivity contribution is 5.36. The van der Waals surface area contributed by atoms with Gasteiger partial charge in [-0.15, -0.1) is 0 Å². The number of H-pyrrole nitrogens is 1. The molecule has 2 rings (SSSR count). The van der Waals surface area contributed by atoms with Crippen molar-refractivity contribution in [2.75, 3.05) is 6.61 Å². The van der Waals surface area contributed by atoms with Crippen LogP contribution in [0.5, 0.6) is 0 Å². The molecule has 0 bridgehead atoms. The van der Waals surface area contributed by atoms with Crippen LogP contribution in [0.1, 0.15) is 18.4 Å². The monoisotopic (exact) mass is 222 g/mol. The van der Waals surface area contributed by atoms with Gasteiger partial charge in [-0.1, -0.05) is 0 Å². The molecular weight excluding hydrogens is 208 g/mol. The van der Waals surface area contributed by atoms with Crippen LogP contribution in [0.2, 0.25) is 0 Å². The summed E-state index contributed by atoms with van der Waals surface area (Å²) in [4.78, 5) is 24.9. The van der Waals surface area contributed by atoms with E-state index in [9.17, 15) is 9.59 Å². The van der Waals surface area contributed by atoms with Gasteiger partial charge in [0.15, 0.2) is 0 Å². The van der Waals surface area contributed by atoms with Crippen molar-refractivity contribution in [3.8, 4) is 0 Å². The number of nitrogens with zero attached hydrogens (tertiary/aromatic N) is 1. The summed E-state index contributed by atoms with van der Waals surface area (Å²) in [6.07, 6.45) is 5.08. The highest BCUT2D eigenvalue weighted by atomic mass is 16.3. The molecule has 16 heavy (non-hydrogen) atoms. The van der Waals surface area contributed by atoms with Gasteiger partial charge in [0.25, 0.3) is 5.56 Å². The van der Waals surface area contributed by atoms with Gasteiger partial charge in [0, 0.05) is 30.5 Å². The number of aromatic nitrogens is 2. The summed E-state index contributed by atoms with van der Waals surface area (Å²) in [5.74, 6) is 0.166. The molecule has 2 N–H and O–H groups in total. The number of aromatic amines is 1. The summed E-state index contributed by atoms with van der Waals surface area (Å²) in [6.45, 7) is 1.76. The molecule has 0 aromatic carbocycles. The summed E-state index contributed by atoms with van der Waals surface area (Å²) in [5.41, 5.74) is 0.756. The molecule has 0 amide bonds. The van der Waals surface area contributed by atoms with Crippen LogP contribution in [0, 0.1) is 12.8 Å². The lowest BCUT2D eigenvalue weighted by Gasteiger charge is -2.27. The van der Waals surface area contributed by atoms with Crippen molar-refractivity contribution in [2.45, 2.75) is 19.8 Å². The van der Waals surface area contributed by atoms with Crippen molar-refractivity contribution in [1.29, 1.82) is 0 Å². The fraction of sp³-hybridized carbons (Fsp3) is 0.455. The zero-order chi connectivity index (χ0) is 11.7. The third-order valence-electron chi connectivity index (χ3n) is 2.98. The minimum Gasteiger partial charge on any atom is -0.396 e. The molecule has 1 aliphatic carbocycles. The average Bonchev–Trinajstić information content (AvgIpc) is 2.20. The molecule has 0 aliphatic heterocycles. The summed E-state index contributed by atoms with van der Waals surface area (Å²) in [5, 5.41) is 9.02. The Bertz CT molecular complexity index is 537. The Morgan fingerprint density at radius 2 is 2.38 bits per heavy atom. The zero-order valence-corrected chi connectivity index (χ0v) is 9.06. The zero-order valence-electron chi connectivity index (χ0n) is 9.06. The highest BCUT2D eigenvalue weighted by Crippen LogP contribution is 2.33. The SMILES string of the molecule is Cc1cn(/C=C2/CCC2CO)c(=O)[nH]c1=O. The first-order chi connectivity index (χ1) is 7.61. The number of aryl methyl sites for hydroxylation is 1. The van der Waals surface area contributed by atoms with E-state index in [2.05, 4.69) is 4.98 Å². The molecule has 0 saturated heterocycles. The van der Waals surface area contributed by atoms with Crippen molar-refractivity contribution in [3.05, 3.63) is 38.2 Å². The van der Waals surface area contributed by atoms with Gasteiger partial charge in [-0.3, -0.25) is 14.3 Å². The number of hydrogen-bond acceptors (Lipinski definition) is 3. The molecule has 1 atom stereocenters. The Kier molecular flexibility index (Phi) is 2.78. The van der Waals surface area contributed by atoms with Gasteiger partial charge in [0.1, 0.15) is 0 Å². The smallest absolute Gasteiger partial charge is 0.332 e. The number of aliphatic hydroxyl groups excluding tert-OH is 1. The quantitative estimate of drug-likeness (QED) is 0.744. The van der Waals surface area contributed by atoms with Gasteiger partial charge >= 0.3 is 5.69 Å². The number of nitrogens with one attached hydrogen (secondary N) is 1. The van der Waals surface area contributed by atoms with Crippen molar-refractivity contribution >= 4 is 6.20 Å². The van der Waals surface area contributed by atoms with Crippen LogP contribution in [0.15, 0.2) is 21.4 Å².